The van der Waals surface area contributed by atoms with Crippen molar-refractivity contribution in [2.24, 2.45) is 0 Å². The summed E-state index contributed by atoms with van der Waals surface area (Å²) in [6.07, 6.45) is 0. The molecule has 0 aliphatic carbocycles. The smallest absolute Gasteiger partial charge is 0.261 e. The monoisotopic (exact) mass is 307 g/mol. The summed E-state index contributed by atoms with van der Waals surface area (Å²) in [5.74, 6) is 0.275. The average Bonchev–Trinajstić information content (AvgIpc) is 2.59. The van der Waals surface area contributed by atoms with Crippen LogP contribution in [0.2, 0.25) is 0 Å². The van der Waals surface area contributed by atoms with Crippen LogP contribution in [0.25, 0.3) is 10.8 Å². The molecule has 0 unspecified atom stereocenters. The SMILES string of the molecule is COc1ccccc1N(C)C(=O)c1cc2ccccc2cc1O. The van der Waals surface area contributed by atoms with Gasteiger partial charge in [-0.3, -0.25) is 4.79 Å². The van der Waals surface area contributed by atoms with Crippen LogP contribution in [0, 0.1) is 0 Å². The molecule has 0 radical (unpaired) electrons. The molecule has 23 heavy (non-hydrogen) atoms. The topological polar surface area (TPSA) is 49.8 Å². The first-order valence-electron chi connectivity index (χ1n) is 7.24. The van der Waals surface area contributed by atoms with Gasteiger partial charge in [0.1, 0.15) is 11.5 Å². The van der Waals surface area contributed by atoms with E-state index in [-0.39, 0.29) is 17.2 Å². The lowest BCUT2D eigenvalue weighted by Crippen LogP contribution is -2.26. The second kappa shape index (κ2) is 6.01. The number of rotatable bonds is 3. The lowest BCUT2D eigenvalue weighted by molar-refractivity contribution is 0.0990. The molecule has 0 aliphatic rings. The van der Waals surface area contributed by atoms with Crippen LogP contribution in [0.15, 0.2) is 60.7 Å². The fourth-order valence-corrected chi connectivity index (χ4v) is 2.60. The number of aromatic hydroxyl groups is 1. The number of carbonyl (C=O) groups excluding carboxylic acids is 1. The third-order valence-electron chi connectivity index (χ3n) is 3.85. The lowest BCUT2D eigenvalue weighted by atomic mass is 10.0. The Morgan fingerprint density at radius 1 is 1.00 bits per heavy atom. The number of ether oxygens (including phenoxy) is 1. The van der Waals surface area contributed by atoms with E-state index in [1.54, 1.807) is 38.4 Å². The standard InChI is InChI=1S/C19H17NO3/c1-20(16-9-5-6-10-18(16)23-2)19(22)15-11-13-7-3-4-8-14(13)12-17(15)21/h3-12,21H,1-2H3. The zero-order chi connectivity index (χ0) is 16.4. The maximum absolute atomic E-state index is 12.8. The Labute approximate surface area is 134 Å². The molecule has 1 amide bonds. The number of benzene rings is 3. The maximum Gasteiger partial charge on any atom is 0.261 e. The number of carbonyl (C=O) groups is 1. The van der Waals surface area contributed by atoms with Gasteiger partial charge in [0.25, 0.3) is 5.91 Å². The van der Waals surface area contributed by atoms with Crippen LogP contribution in [0.4, 0.5) is 5.69 Å². The molecule has 3 aromatic rings. The van der Waals surface area contributed by atoms with Gasteiger partial charge < -0.3 is 14.7 Å². The number of phenolic OH excluding ortho intramolecular Hbond substituents is 1. The number of nitrogens with zero attached hydrogens (tertiary/aromatic N) is 1. The lowest BCUT2D eigenvalue weighted by Gasteiger charge is -2.20. The summed E-state index contributed by atoms with van der Waals surface area (Å²) in [5, 5.41) is 12.0. The van der Waals surface area contributed by atoms with Gasteiger partial charge in [-0.1, -0.05) is 36.4 Å². The first kappa shape index (κ1) is 14.9. The van der Waals surface area contributed by atoms with Gasteiger partial charge in [-0.25, -0.2) is 0 Å². The predicted molar refractivity (Wildman–Crippen MR) is 91.3 cm³/mol. The number of methoxy groups -OCH3 is 1. The Hall–Kier alpha value is -3.01. The number of amides is 1. The van der Waals surface area contributed by atoms with E-state index in [0.717, 1.165) is 10.8 Å². The minimum absolute atomic E-state index is 0.0320. The van der Waals surface area contributed by atoms with E-state index < -0.39 is 0 Å². The van der Waals surface area contributed by atoms with Crippen LogP contribution >= 0.6 is 0 Å². The average molecular weight is 307 g/mol. The highest BCUT2D eigenvalue weighted by atomic mass is 16.5. The number of hydrogen-bond donors (Lipinski definition) is 1. The minimum Gasteiger partial charge on any atom is -0.507 e. The van der Waals surface area contributed by atoms with Crippen molar-refractivity contribution in [3.8, 4) is 11.5 Å². The normalized spacial score (nSPS) is 10.5. The van der Waals surface area contributed by atoms with Gasteiger partial charge in [-0.05, 0) is 35.0 Å². The first-order chi connectivity index (χ1) is 11.1. The van der Waals surface area contributed by atoms with Crippen molar-refractivity contribution >= 4 is 22.4 Å². The number of fused-ring (bicyclic) bond motifs is 1. The van der Waals surface area contributed by atoms with Crippen molar-refractivity contribution < 1.29 is 14.6 Å². The molecule has 0 bridgehead atoms. The molecule has 0 saturated heterocycles. The summed E-state index contributed by atoms with van der Waals surface area (Å²) in [5.41, 5.74) is 0.907. The van der Waals surface area contributed by atoms with Crippen LogP contribution in [0.5, 0.6) is 11.5 Å². The number of para-hydroxylation sites is 2. The van der Waals surface area contributed by atoms with E-state index in [4.69, 9.17) is 4.74 Å². The van der Waals surface area contributed by atoms with Crippen molar-refractivity contribution in [2.45, 2.75) is 0 Å². The van der Waals surface area contributed by atoms with Gasteiger partial charge in [-0.15, -0.1) is 0 Å². The second-order valence-corrected chi connectivity index (χ2v) is 5.25. The van der Waals surface area contributed by atoms with Crippen LogP contribution < -0.4 is 9.64 Å². The molecule has 0 aromatic heterocycles. The third-order valence-corrected chi connectivity index (χ3v) is 3.85. The van der Waals surface area contributed by atoms with E-state index in [9.17, 15) is 9.90 Å². The third kappa shape index (κ3) is 2.71. The zero-order valence-electron chi connectivity index (χ0n) is 13.0. The van der Waals surface area contributed by atoms with Crippen molar-refractivity contribution in [1.82, 2.24) is 0 Å². The number of anilines is 1. The van der Waals surface area contributed by atoms with Crippen molar-refractivity contribution in [3.63, 3.8) is 0 Å². The highest BCUT2D eigenvalue weighted by molar-refractivity contribution is 6.10. The van der Waals surface area contributed by atoms with Crippen LogP contribution in [-0.2, 0) is 0 Å². The van der Waals surface area contributed by atoms with E-state index in [1.807, 2.05) is 36.4 Å². The van der Waals surface area contributed by atoms with Crippen molar-refractivity contribution in [2.75, 3.05) is 19.1 Å². The molecular formula is C19H17NO3. The molecule has 0 saturated carbocycles. The summed E-state index contributed by atoms with van der Waals surface area (Å²) in [4.78, 5) is 14.3. The highest BCUT2D eigenvalue weighted by Gasteiger charge is 2.20. The molecule has 4 nitrogen and oxygen atoms in total. The second-order valence-electron chi connectivity index (χ2n) is 5.25. The van der Waals surface area contributed by atoms with Crippen LogP contribution in [0.1, 0.15) is 10.4 Å². The van der Waals surface area contributed by atoms with Crippen LogP contribution in [0.3, 0.4) is 0 Å². The first-order valence-corrected chi connectivity index (χ1v) is 7.24. The van der Waals surface area contributed by atoms with Gasteiger partial charge in [-0.2, -0.15) is 0 Å². The van der Waals surface area contributed by atoms with E-state index in [2.05, 4.69) is 0 Å². The molecular weight excluding hydrogens is 290 g/mol. The molecule has 0 aliphatic heterocycles. The molecule has 0 spiro atoms. The fraction of sp³-hybridized carbons (Fsp3) is 0.105. The summed E-state index contributed by atoms with van der Waals surface area (Å²) in [7, 11) is 3.22. The van der Waals surface area contributed by atoms with Gasteiger partial charge in [0.2, 0.25) is 0 Å². The number of phenols is 1. The molecule has 0 heterocycles. The summed E-state index contributed by atoms with van der Waals surface area (Å²) >= 11 is 0. The predicted octanol–water partition coefficient (Wildman–Crippen LogP) is 3.83. The number of hydrogen-bond acceptors (Lipinski definition) is 3. The molecule has 3 aromatic carbocycles. The summed E-state index contributed by atoms with van der Waals surface area (Å²) < 4.78 is 5.30. The molecule has 1 N–H and O–H groups in total. The molecule has 0 fully saturated rings. The molecule has 4 heteroatoms. The maximum atomic E-state index is 12.8. The van der Waals surface area contributed by atoms with Crippen molar-refractivity contribution in [1.29, 1.82) is 0 Å². The highest BCUT2D eigenvalue weighted by Crippen LogP contribution is 2.31. The summed E-state index contributed by atoms with van der Waals surface area (Å²) in [6.45, 7) is 0. The Morgan fingerprint density at radius 3 is 2.30 bits per heavy atom. The Morgan fingerprint density at radius 2 is 1.61 bits per heavy atom. The van der Waals surface area contributed by atoms with E-state index in [1.165, 1.54) is 4.90 Å². The van der Waals surface area contributed by atoms with Crippen LogP contribution in [-0.4, -0.2) is 25.2 Å². The van der Waals surface area contributed by atoms with Gasteiger partial charge >= 0.3 is 0 Å². The Bertz CT molecular complexity index is 873. The fourth-order valence-electron chi connectivity index (χ4n) is 2.60. The quantitative estimate of drug-likeness (QED) is 0.800. The molecule has 0 atom stereocenters. The Balaban J connectivity index is 2.04. The van der Waals surface area contributed by atoms with E-state index >= 15 is 0 Å². The molecule has 116 valence electrons. The minimum atomic E-state index is -0.294. The largest absolute Gasteiger partial charge is 0.507 e. The van der Waals surface area contributed by atoms with Gasteiger partial charge in [0, 0.05) is 7.05 Å². The zero-order valence-corrected chi connectivity index (χ0v) is 13.0. The van der Waals surface area contributed by atoms with E-state index in [0.29, 0.717) is 11.4 Å². The van der Waals surface area contributed by atoms with Gasteiger partial charge in [0.05, 0.1) is 18.4 Å². The summed E-state index contributed by atoms with van der Waals surface area (Å²) in [6, 6.07) is 18.2. The van der Waals surface area contributed by atoms with Crippen molar-refractivity contribution in [3.05, 3.63) is 66.2 Å². The molecule has 3 rings (SSSR count). The Kier molecular flexibility index (Phi) is 3.89. The van der Waals surface area contributed by atoms with Gasteiger partial charge in [0.15, 0.2) is 0 Å².